The first-order valence-electron chi connectivity index (χ1n) is 0. The summed E-state index contributed by atoms with van der Waals surface area (Å²) in [6.45, 7) is 0. The molecule has 0 bridgehead atoms. The molecule has 0 aliphatic heterocycles. The Hall–Kier alpha value is 2.21. The second kappa shape index (κ2) is 18.9. The molecule has 23 valence electrons. The minimum Gasteiger partial charge on any atom is 3.00 e. The van der Waals surface area contributed by atoms with Crippen molar-refractivity contribution < 1.29 is 18.6 Å². The van der Waals surface area contributed by atoms with Gasteiger partial charge < -0.3 is 0 Å². The quantitative estimate of drug-likeness (QED) is 0.420. The summed E-state index contributed by atoms with van der Waals surface area (Å²) in [6.07, 6.45) is 0. The Morgan fingerprint density at radius 3 is 0.500 bits per heavy atom. The van der Waals surface area contributed by atoms with Crippen LogP contribution in [0.1, 0.15) is 0 Å². The number of rotatable bonds is 0. The second-order valence-corrected chi connectivity index (χ2v) is 0. The molecule has 0 saturated carbocycles. The van der Waals surface area contributed by atoms with Crippen molar-refractivity contribution in [1.29, 1.82) is 0 Å². The SMILES string of the molecule is [GeH2-].[GeH2-].[GeH2-].[V+3]. The average molecular weight is 275 g/mol. The van der Waals surface area contributed by atoms with Crippen molar-refractivity contribution in [1.82, 2.24) is 0 Å². The molecule has 0 aromatic carbocycles. The van der Waals surface area contributed by atoms with Crippen molar-refractivity contribution in [2.45, 2.75) is 0 Å². The molecule has 0 atom stereocenters. The molecule has 0 spiro atoms. The van der Waals surface area contributed by atoms with Gasteiger partial charge in [0.25, 0.3) is 0 Å². The molecule has 0 N–H and O–H groups in total. The molecule has 0 aliphatic carbocycles. The normalized spacial score (nSPS) is 0. The van der Waals surface area contributed by atoms with Gasteiger partial charge in [-0.3, -0.25) is 0 Å². The largest absolute Gasteiger partial charge is 3.00 e. The van der Waals surface area contributed by atoms with E-state index in [-0.39, 0.29) is 71.3 Å². The molecule has 0 amide bonds. The second-order valence-electron chi connectivity index (χ2n) is 0. The van der Waals surface area contributed by atoms with E-state index in [1.54, 1.807) is 0 Å². The molecule has 0 aromatic heterocycles. The summed E-state index contributed by atoms with van der Waals surface area (Å²) in [5.41, 5.74) is 0. The molecule has 3 radical (unpaired) electrons. The molecular weight excluding hydrogens is 269 g/mol. The van der Waals surface area contributed by atoms with Crippen LogP contribution in [0.25, 0.3) is 0 Å². The maximum atomic E-state index is 0. The third-order valence-corrected chi connectivity index (χ3v) is 0. The fraction of sp³-hybridized carbons (Fsp3) is 0. The third kappa shape index (κ3) is 8.88. The molecule has 0 nitrogen and oxygen atoms in total. The Kier molecular flexibility index (Phi) is 163. The van der Waals surface area contributed by atoms with Crippen molar-refractivity contribution in [2.75, 3.05) is 0 Å². The van der Waals surface area contributed by atoms with Crippen LogP contribution in [0.4, 0.5) is 0 Å². The van der Waals surface area contributed by atoms with Crippen LogP contribution in [-0.4, -0.2) is 52.8 Å². The predicted molar refractivity (Wildman–Crippen MR) is 25.6 cm³/mol. The first-order chi connectivity index (χ1) is 0. The van der Waals surface area contributed by atoms with Gasteiger partial charge in [-0.25, -0.2) is 0 Å². The van der Waals surface area contributed by atoms with Gasteiger partial charge in [0.2, 0.25) is 0 Å². The van der Waals surface area contributed by atoms with Crippen LogP contribution in [0.15, 0.2) is 0 Å². The van der Waals surface area contributed by atoms with E-state index in [1.807, 2.05) is 0 Å². The van der Waals surface area contributed by atoms with Crippen LogP contribution < -0.4 is 0 Å². The topological polar surface area (TPSA) is 0 Å². The molecule has 0 fully saturated rings. The minimum absolute atomic E-state index is 0. The van der Waals surface area contributed by atoms with Crippen LogP contribution in [-0.2, 0) is 18.6 Å². The molecular formula is H6Ge3V. The zero-order chi connectivity index (χ0) is 0. The van der Waals surface area contributed by atoms with E-state index in [2.05, 4.69) is 0 Å². The zero-order valence-electron chi connectivity index (χ0n) is 2.57. The Morgan fingerprint density at radius 2 is 0.500 bits per heavy atom. The fourth-order valence-corrected chi connectivity index (χ4v) is 0. The van der Waals surface area contributed by atoms with E-state index in [0.29, 0.717) is 0 Å². The Labute approximate surface area is 70.7 Å². The van der Waals surface area contributed by atoms with Crippen LogP contribution in [0.3, 0.4) is 0 Å². The average Bonchev–Trinajstić information content (AvgIpc) is 0. The standard InChI is InChI=1S/3GeH2.V/h3*1H2;/q3*-1;+3. The molecule has 0 aliphatic rings. The molecule has 4 heteroatoms. The van der Waals surface area contributed by atoms with Crippen LogP contribution >= 0.6 is 0 Å². The van der Waals surface area contributed by atoms with Crippen LogP contribution in [0.5, 0.6) is 0 Å². The third-order valence-electron chi connectivity index (χ3n) is 0. The van der Waals surface area contributed by atoms with Crippen molar-refractivity contribution >= 4 is 52.8 Å². The molecule has 4 heavy (non-hydrogen) atoms. The summed E-state index contributed by atoms with van der Waals surface area (Å²) in [5, 5.41) is 0. The van der Waals surface area contributed by atoms with E-state index in [1.165, 1.54) is 0 Å². The summed E-state index contributed by atoms with van der Waals surface area (Å²) >= 11 is 0. The molecule has 0 rings (SSSR count). The van der Waals surface area contributed by atoms with Gasteiger partial charge in [0.15, 0.2) is 0 Å². The Bertz CT molecular complexity index is 3.25. The number of hydrogen-bond acceptors (Lipinski definition) is 0. The fourth-order valence-electron chi connectivity index (χ4n) is 0. The Balaban J connectivity index is 0. The van der Waals surface area contributed by atoms with Gasteiger partial charge in [-0.15, -0.1) is 0 Å². The maximum absolute atomic E-state index is 0. The maximum Gasteiger partial charge on any atom is 3.00 e. The van der Waals surface area contributed by atoms with Crippen LogP contribution in [0, 0.1) is 0 Å². The van der Waals surface area contributed by atoms with Crippen molar-refractivity contribution in [3.8, 4) is 0 Å². The van der Waals surface area contributed by atoms with E-state index >= 15 is 0 Å². The van der Waals surface area contributed by atoms with E-state index in [9.17, 15) is 0 Å². The van der Waals surface area contributed by atoms with Gasteiger partial charge in [-0.1, -0.05) is 0 Å². The van der Waals surface area contributed by atoms with E-state index in [0.717, 1.165) is 0 Å². The Morgan fingerprint density at radius 1 is 0.500 bits per heavy atom. The molecule has 0 unspecified atom stereocenters. The molecule has 0 aromatic rings. The van der Waals surface area contributed by atoms with Gasteiger partial charge in [0, 0.05) is 0 Å². The smallest absolute Gasteiger partial charge is 3.00 e. The summed E-state index contributed by atoms with van der Waals surface area (Å²) in [5.74, 6) is 0. The van der Waals surface area contributed by atoms with E-state index in [4.69, 9.17) is 0 Å². The van der Waals surface area contributed by atoms with Crippen molar-refractivity contribution in [2.24, 2.45) is 0 Å². The molecule has 0 saturated heterocycles. The van der Waals surface area contributed by atoms with Gasteiger partial charge in [-0.2, -0.15) is 0 Å². The molecule has 0 heterocycles. The monoisotopic (exact) mass is 279 g/mol. The first kappa shape index (κ1) is 34.5. The van der Waals surface area contributed by atoms with Gasteiger partial charge in [0.05, 0.1) is 0 Å². The van der Waals surface area contributed by atoms with Gasteiger partial charge in [0.1, 0.15) is 0 Å². The summed E-state index contributed by atoms with van der Waals surface area (Å²) in [7, 11) is 0. The van der Waals surface area contributed by atoms with Gasteiger partial charge >= 0.3 is 71.3 Å². The summed E-state index contributed by atoms with van der Waals surface area (Å²) < 4.78 is 0. The van der Waals surface area contributed by atoms with Crippen molar-refractivity contribution in [3.63, 3.8) is 0 Å². The zero-order valence-corrected chi connectivity index (χ0v) is 12.9. The predicted octanol–water partition coefficient (Wildman–Crippen LogP) is -2.75. The first-order valence-corrected chi connectivity index (χ1v) is 0. The minimum atomic E-state index is 0. The van der Waals surface area contributed by atoms with Gasteiger partial charge in [-0.05, 0) is 0 Å². The van der Waals surface area contributed by atoms with Crippen LogP contribution in [0.2, 0.25) is 0 Å². The summed E-state index contributed by atoms with van der Waals surface area (Å²) in [4.78, 5) is 0. The number of hydrogen-bond donors (Lipinski definition) is 0. The van der Waals surface area contributed by atoms with Crippen molar-refractivity contribution in [3.05, 3.63) is 0 Å². The van der Waals surface area contributed by atoms with E-state index < -0.39 is 0 Å². The summed E-state index contributed by atoms with van der Waals surface area (Å²) in [6, 6.07) is 0.